The van der Waals surface area contributed by atoms with Crippen molar-refractivity contribution in [1.82, 2.24) is 20.1 Å². The Hall–Kier alpha value is -3.25. The van der Waals surface area contributed by atoms with E-state index in [1.165, 1.54) is 41.3 Å². The largest absolute Gasteiger partial charge is 0.462 e. The number of aryl methyl sites for hydroxylation is 1. The smallest absolute Gasteiger partial charge is 0.341 e. The first-order chi connectivity index (χ1) is 17.8. The highest BCUT2D eigenvalue weighted by molar-refractivity contribution is 8.00. The first-order valence-electron chi connectivity index (χ1n) is 12.0. The van der Waals surface area contributed by atoms with Crippen LogP contribution in [0.4, 0.5) is 9.39 Å². The van der Waals surface area contributed by atoms with Crippen molar-refractivity contribution in [2.24, 2.45) is 7.05 Å². The molecule has 2 heterocycles. The number of hydrogen-bond acceptors (Lipinski definition) is 8. The van der Waals surface area contributed by atoms with E-state index in [2.05, 4.69) is 20.8 Å². The van der Waals surface area contributed by atoms with Gasteiger partial charge in [0.1, 0.15) is 10.8 Å². The number of esters is 1. The lowest BCUT2D eigenvalue weighted by Gasteiger charge is -2.13. The maximum absolute atomic E-state index is 13.8. The summed E-state index contributed by atoms with van der Waals surface area (Å²) >= 11 is 2.65. The highest BCUT2D eigenvalue weighted by Gasteiger charge is 2.28. The maximum atomic E-state index is 13.8. The average Bonchev–Trinajstić information content (AvgIpc) is 3.42. The number of rotatable bonds is 9. The van der Waals surface area contributed by atoms with Crippen molar-refractivity contribution in [3.63, 3.8) is 0 Å². The van der Waals surface area contributed by atoms with Crippen molar-refractivity contribution < 1.29 is 23.5 Å². The number of ether oxygens (including phenoxy) is 1. The van der Waals surface area contributed by atoms with Crippen LogP contribution in [-0.2, 0) is 36.0 Å². The molecule has 1 aromatic carbocycles. The Balaban J connectivity index is 1.40. The number of thiophene rings is 1. The van der Waals surface area contributed by atoms with Crippen molar-refractivity contribution in [1.29, 1.82) is 0 Å². The summed E-state index contributed by atoms with van der Waals surface area (Å²) < 4.78 is 20.8. The first kappa shape index (κ1) is 26.8. The predicted molar refractivity (Wildman–Crippen MR) is 139 cm³/mol. The third-order valence-corrected chi connectivity index (χ3v) is 8.33. The van der Waals surface area contributed by atoms with Crippen LogP contribution in [0.15, 0.2) is 29.4 Å². The van der Waals surface area contributed by atoms with Gasteiger partial charge in [-0.25, -0.2) is 9.18 Å². The summed E-state index contributed by atoms with van der Waals surface area (Å²) in [6.07, 6.45) is 3.76. The Bertz CT molecular complexity index is 1320. The van der Waals surface area contributed by atoms with E-state index in [1.54, 1.807) is 31.5 Å². The molecule has 196 valence electrons. The molecule has 2 N–H and O–H groups in total. The van der Waals surface area contributed by atoms with E-state index in [0.717, 1.165) is 36.1 Å². The average molecular weight is 546 g/mol. The predicted octanol–water partition coefficient (Wildman–Crippen LogP) is 4.12. The number of nitrogens with one attached hydrogen (secondary N) is 2. The van der Waals surface area contributed by atoms with E-state index in [0.29, 0.717) is 21.5 Å². The van der Waals surface area contributed by atoms with Crippen LogP contribution in [0.3, 0.4) is 0 Å². The van der Waals surface area contributed by atoms with E-state index >= 15 is 0 Å². The van der Waals surface area contributed by atoms with E-state index < -0.39 is 22.9 Å². The minimum atomic E-state index is -0.605. The molecule has 0 radical (unpaired) electrons. The van der Waals surface area contributed by atoms with Gasteiger partial charge in [-0.1, -0.05) is 23.9 Å². The quantitative estimate of drug-likeness (QED) is 0.307. The SMILES string of the molecule is CCOC(=O)c1c(NC(=O)C(C)Sc2nnc(CNC(=O)c3ccccc3F)n2C)sc2c1CCCC2. The molecule has 0 bridgehead atoms. The van der Waals surface area contributed by atoms with Crippen molar-refractivity contribution >= 4 is 45.9 Å². The standard InChI is InChI=1S/C25H28FN5O4S2/c1-4-35-24(34)20-16-10-6-8-12-18(16)37-23(20)28-21(32)14(2)36-25-30-29-19(31(25)3)13-27-22(33)15-9-5-7-11-17(15)26/h5,7,9,11,14H,4,6,8,10,12-13H2,1-3H3,(H,27,33)(H,28,32). The number of carbonyl (C=O) groups is 3. The number of fused-ring (bicyclic) bond motifs is 1. The Morgan fingerprint density at radius 2 is 1.97 bits per heavy atom. The van der Waals surface area contributed by atoms with Crippen LogP contribution in [0.25, 0.3) is 0 Å². The summed E-state index contributed by atoms with van der Waals surface area (Å²) in [4.78, 5) is 39.1. The molecule has 1 aliphatic rings. The molecular formula is C25H28FN5O4S2. The van der Waals surface area contributed by atoms with Crippen LogP contribution in [0.1, 0.15) is 63.7 Å². The highest BCUT2D eigenvalue weighted by atomic mass is 32.2. The Morgan fingerprint density at radius 3 is 2.73 bits per heavy atom. The number of thioether (sulfide) groups is 1. The van der Waals surface area contributed by atoms with Crippen molar-refractivity contribution in [2.45, 2.75) is 56.5 Å². The number of anilines is 1. The third-order valence-electron chi connectivity index (χ3n) is 5.99. The van der Waals surface area contributed by atoms with Gasteiger partial charge in [0.2, 0.25) is 5.91 Å². The molecule has 2 aromatic heterocycles. The minimum Gasteiger partial charge on any atom is -0.462 e. The molecule has 1 unspecified atom stereocenters. The molecule has 0 aliphatic heterocycles. The molecule has 2 amide bonds. The molecule has 0 saturated carbocycles. The van der Waals surface area contributed by atoms with E-state index in [-0.39, 0.29) is 24.6 Å². The van der Waals surface area contributed by atoms with Gasteiger partial charge in [-0.3, -0.25) is 9.59 Å². The molecule has 37 heavy (non-hydrogen) atoms. The molecule has 1 aliphatic carbocycles. The number of halogens is 1. The fraction of sp³-hybridized carbons (Fsp3) is 0.400. The number of carbonyl (C=O) groups excluding carboxylic acids is 3. The molecular weight excluding hydrogens is 517 g/mol. The molecule has 12 heteroatoms. The summed E-state index contributed by atoms with van der Waals surface area (Å²) in [5.74, 6) is -1.39. The third kappa shape index (κ3) is 6.02. The maximum Gasteiger partial charge on any atom is 0.341 e. The minimum absolute atomic E-state index is 0.0431. The summed E-state index contributed by atoms with van der Waals surface area (Å²) in [5, 5.41) is 14.3. The van der Waals surface area contributed by atoms with Gasteiger partial charge in [-0.15, -0.1) is 21.5 Å². The zero-order chi connectivity index (χ0) is 26.5. The number of aromatic nitrogens is 3. The highest BCUT2D eigenvalue weighted by Crippen LogP contribution is 2.39. The summed E-state index contributed by atoms with van der Waals surface area (Å²) in [7, 11) is 1.73. The van der Waals surface area contributed by atoms with Crippen molar-refractivity contribution in [3.8, 4) is 0 Å². The normalized spacial score (nSPS) is 13.5. The topological polar surface area (TPSA) is 115 Å². The summed E-state index contributed by atoms with van der Waals surface area (Å²) in [5.41, 5.74) is 1.40. The molecule has 4 rings (SSSR count). The van der Waals surface area contributed by atoms with Crippen LogP contribution in [0.2, 0.25) is 0 Å². The number of benzene rings is 1. The van der Waals surface area contributed by atoms with Crippen LogP contribution in [-0.4, -0.2) is 44.4 Å². The first-order valence-corrected chi connectivity index (χ1v) is 13.7. The van der Waals surface area contributed by atoms with Gasteiger partial charge in [0.15, 0.2) is 11.0 Å². The Labute approximate surface area is 222 Å². The van der Waals surface area contributed by atoms with E-state index in [1.807, 2.05) is 0 Å². The van der Waals surface area contributed by atoms with Gasteiger partial charge in [0.25, 0.3) is 5.91 Å². The second-order valence-electron chi connectivity index (χ2n) is 8.51. The second-order valence-corrected chi connectivity index (χ2v) is 10.9. The second kappa shape index (κ2) is 11.9. The lowest BCUT2D eigenvalue weighted by Crippen LogP contribution is -2.25. The monoisotopic (exact) mass is 545 g/mol. The van der Waals surface area contributed by atoms with Gasteiger partial charge in [-0.2, -0.15) is 0 Å². The molecule has 0 saturated heterocycles. The summed E-state index contributed by atoms with van der Waals surface area (Å²) in [6, 6.07) is 5.72. The Kier molecular flexibility index (Phi) is 8.59. The van der Waals surface area contributed by atoms with Crippen LogP contribution in [0, 0.1) is 5.82 Å². The van der Waals surface area contributed by atoms with Crippen molar-refractivity contribution in [3.05, 3.63) is 57.5 Å². The molecule has 9 nitrogen and oxygen atoms in total. The lowest BCUT2D eigenvalue weighted by molar-refractivity contribution is -0.115. The van der Waals surface area contributed by atoms with Gasteiger partial charge in [0.05, 0.1) is 29.5 Å². The molecule has 3 aromatic rings. The number of amides is 2. The van der Waals surface area contributed by atoms with Crippen LogP contribution < -0.4 is 10.6 Å². The zero-order valence-electron chi connectivity index (χ0n) is 20.8. The molecule has 0 spiro atoms. The van der Waals surface area contributed by atoms with Gasteiger partial charge in [-0.05, 0) is 57.2 Å². The van der Waals surface area contributed by atoms with Gasteiger partial charge in [0, 0.05) is 11.9 Å². The van der Waals surface area contributed by atoms with Gasteiger partial charge < -0.3 is 19.9 Å². The fourth-order valence-corrected chi connectivity index (χ4v) is 6.11. The Morgan fingerprint density at radius 1 is 1.22 bits per heavy atom. The van der Waals surface area contributed by atoms with E-state index in [9.17, 15) is 18.8 Å². The zero-order valence-corrected chi connectivity index (χ0v) is 22.4. The number of hydrogen-bond donors (Lipinski definition) is 2. The van der Waals surface area contributed by atoms with Gasteiger partial charge >= 0.3 is 5.97 Å². The van der Waals surface area contributed by atoms with Crippen LogP contribution in [0.5, 0.6) is 0 Å². The lowest BCUT2D eigenvalue weighted by atomic mass is 9.95. The fourth-order valence-electron chi connectivity index (χ4n) is 4.00. The van der Waals surface area contributed by atoms with E-state index in [4.69, 9.17) is 4.74 Å². The van der Waals surface area contributed by atoms with Crippen LogP contribution >= 0.6 is 23.1 Å². The number of nitrogens with zero attached hydrogens (tertiary/aromatic N) is 3. The van der Waals surface area contributed by atoms with Crippen molar-refractivity contribution in [2.75, 3.05) is 11.9 Å². The molecule has 1 atom stereocenters. The summed E-state index contributed by atoms with van der Waals surface area (Å²) in [6.45, 7) is 3.81. The molecule has 0 fully saturated rings.